The van der Waals surface area contributed by atoms with Crippen LogP contribution in [0.1, 0.15) is 73.2 Å². The first-order valence-electron chi connectivity index (χ1n) is 13.1. The smallest absolute Gasteiger partial charge is 0.134 e. The van der Waals surface area contributed by atoms with Crippen LogP contribution in [0.4, 0.5) is 0 Å². The molecule has 0 aliphatic heterocycles. The summed E-state index contributed by atoms with van der Waals surface area (Å²) in [4.78, 5) is 0. The maximum atomic E-state index is 10.6. The van der Waals surface area contributed by atoms with E-state index >= 15 is 0 Å². The number of hydrogen-bond donors (Lipinski definition) is 1. The molecule has 0 aliphatic carbocycles. The lowest BCUT2D eigenvalue weighted by Crippen LogP contribution is -2.22. The predicted molar refractivity (Wildman–Crippen MR) is 145 cm³/mol. The van der Waals surface area contributed by atoms with Crippen molar-refractivity contribution in [1.82, 2.24) is 30.0 Å². The highest BCUT2D eigenvalue weighted by Crippen LogP contribution is 2.24. The Kier molecular flexibility index (Phi) is 8.78. The van der Waals surface area contributed by atoms with Crippen LogP contribution in [-0.4, -0.2) is 41.2 Å². The van der Waals surface area contributed by atoms with Crippen molar-refractivity contribution in [3.05, 3.63) is 82.4 Å². The molecule has 0 aliphatic rings. The molecule has 1 N–H and O–H groups in total. The Labute approximate surface area is 224 Å². The van der Waals surface area contributed by atoms with Crippen molar-refractivity contribution in [2.45, 2.75) is 85.8 Å². The number of aliphatic hydroxyl groups excluding tert-OH is 1. The average Bonchev–Trinajstić information content (AvgIpc) is 3.49. The van der Waals surface area contributed by atoms with Gasteiger partial charge in [-0.25, -0.2) is 9.36 Å². The zero-order chi connectivity index (χ0) is 27.2. The minimum absolute atomic E-state index is 0.280. The van der Waals surface area contributed by atoms with Crippen molar-refractivity contribution in [3.8, 4) is 11.5 Å². The normalized spacial score (nSPS) is 11.6. The predicted octanol–water partition coefficient (Wildman–Crippen LogP) is 4.95. The largest absolute Gasteiger partial charge is 0.487 e. The molecule has 0 spiro atoms. The standard InChI is InChI=1S/C29H38N6O3/c1-19(2)23-7-21(5)9-28(11-23)37-17-25-13-34(32-30-25)15-27(36)16-35-14-26(31-33-35)18-38-29-10-22(6)8-24(12-29)20(3)4/h7-14,19-20,27,36H,15-18H2,1-6H3. The van der Waals surface area contributed by atoms with Gasteiger partial charge in [0.25, 0.3) is 0 Å². The highest BCUT2D eigenvalue weighted by atomic mass is 16.5. The van der Waals surface area contributed by atoms with E-state index in [0.717, 1.165) is 22.6 Å². The van der Waals surface area contributed by atoms with Gasteiger partial charge in [-0.15, -0.1) is 10.2 Å². The highest BCUT2D eigenvalue weighted by molar-refractivity contribution is 5.36. The minimum atomic E-state index is -0.711. The fraction of sp³-hybridized carbons (Fsp3) is 0.448. The van der Waals surface area contributed by atoms with Crippen molar-refractivity contribution in [3.63, 3.8) is 0 Å². The van der Waals surface area contributed by atoms with Crippen molar-refractivity contribution < 1.29 is 14.6 Å². The van der Waals surface area contributed by atoms with Gasteiger partial charge in [-0.05, 0) is 72.2 Å². The van der Waals surface area contributed by atoms with Crippen LogP contribution in [0, 0.1) is 13.8 Å². The van der Waals surface area contributed by atoms with Gasteiger partial charge in [-0.3, -0.25) is 0 Å². The Bertz CT molecular complexity index is 1240. The van der Waals surface area contributed by atoms with Crippen LogP contribution in [0.3, 0.4) is 0 Å². The molecular weight excluding hydrogens is 480 g/mol. The van der Waals surface area contributed by atoms with E-state index in [0.29, 0.717) is 36.4 Å². The van der Waals surface area contributed by atoms with Crippen LogP contribution in [0.2, 0.25) is 0 Å². The molecule has 0 atom stereocenters. The maximum Gasteiger partial charge on any atom is 0.134 e. The summed E-state index contributed by atoms with van der Waals surface area (Å²) in [5, 5.41) is 27.2. The summed E-state index contributed by atoms with van der Waals surface area (Å²) in [7, 11) is 0. The van der Waals surface area contributed by atoms with Crippen molar-refractivity contribution in [1.29, 1.82) is 0 Å². The van der Waals surface area contributed by atoms with E-state index < -0.39 is 6.10 Å². The van der Waals surface area contributed by atoms with Gasteiger partial charge in [-0.1, -0.05) is 50.3 Å². The second-order valence-corrected chi connectivity index (χ2v) is 10.6. The van der Waals surface area contributed by atoms with Crippen LogP contribution in [-0.2, 0) is 26.3 Å². The van der Waals surface area contributed by atoms with Crippen LogP contribution < -0.4 is 9.47 Å². The monoisotopic (exact) mass is 518 g/mol. The number of rotatable bonds is 12. The maximum absolute atomic E-state index is 10.6. The van der Waals surface area contributed by atoms with Crippen LogP contribution in [0.25, 0.3) is 0 Å². The molecule has 9 nitrogen and oxygen atoms in total. The minimum Gasteiger partial charge on any atom is -0.487 e. The third-order valence-electron chi connectivity index (χ3n) is 6.22. The Morgan fingerprint density at radius 1 is 0.684 bits per heavy atom. The topological polar surface area (TPSA) is 100 Å². The van der Waals surface area contributed by atoms with Gasteiger partial charge < -0.3 is 14.6 Å². The number of aryl methyl sites for hydroxylation is 2. The van der Waals surface area contributed by atoms with Gasteiger partial charge >= 0.3 is 0 Å². The number of benzene rings is 2. The molecule has 0 unspecified atom stereocenters. The third kappa shape index (κ3) is 7.64. The molecule has 4 aromatic rings. The molecule has 202 valence electrons. The zero-order valence-electron chi connectivity index (χ0n) is 23.1. The number of aromatic nitrogens is 6. The molecule has 2 aromatic carbocycles. The van der Waals surface area contributed by atoms with Crippen molar-refractivity contribution in [2.75, 3.05) is 0 Å². The van der Waals surface area contributed by atoms with Crippen LogP contribution in [0.5, 0.6) is 11.5 Å². The van der Waals surface area contributed by atoms with E-state index in [-0.39, 0.29) is 13.1 Å². The molecule has 4 rings (SSSR count). The average molecular weight is 519 g/mol. The van der Waals surface area contributed by atoms with Crippen LogP contribution in [0.15, 0.2) is 48.8 Å². The summed E-state index contributed by atoms with van der Waals surface area (Å²) in [6.45, 7) is 14.0. The molecule has 0 bridgehead atoms. The van der Waals surface area contributed by atoms with E-state index in [9.17, 15) is 5.11 Å². The Hall–Kier alpha value is -3.72. The highest BCUT2D eigenvalue weighted by Gasteiger charge is 2.12. The number of aliphatic hydroxyl groups is 1. The first-order chi connectivity index (χ1) is 18.1. The molecule has 9 heteroatoms. The van der Waals surface area contributed by atoms with Gasteiger partial charge in [0.1, 0.15) is 36.1 Å². The second-order valence-electron chi connectivity index (χ2n) is 10.6. The van der Waals surface area contributed by atoms with Gasteiger partial charge in [0.05, 0.1) is 31.6 Å². The first-order valence-corrected chi connectivity index (χ1v) is 13.1. The van der Waals surface area contributed by atoms with E-state index in [1.807, 2.05) is 12.1 Å². The molecule has 38 heavy (non-hydrogen) atoms. The van der Waals surface area contributed by atoms with E-state index in [4.69, 9.17) is 9.47 Å². The molecular formula is C29H38N6O3. The first kappa shape index (κ1) is 27.3. The third-order valence-corrected chi connectivity index (χ3v) is 6.22. The summed E-state index contributed by atoms with van der Waals surface area (Å²) < 4.78 is 15.1. The fourth-order valence-corrected chi connectivity index (χ4v) is 4.18. The van der Waals surface area contributed by atoms with E-state index in [1.54, 1.807) is 21.8 Å². The van der Waals surface area contributed by atoms with E-state index in [2.05, 4.69) is 86.4 Å². The lowest BCUT2D eigenvalue weighted by atomic mass is 10.0. The quantitative estimate of drug-likeness (QED) is 0.283. The molecule has 0 saturated carbocycles. The zero-order valence-corrected chi connectivity index (χ0v) is 23.1. The lowest BCUT2D eigenvalue weighted by molar-refractivity contribution is 0.124. The summed E-state index contributed by atoms with van der Waals surface area (Å²) in [5.74, 6) is 2.49. The molecule has 2 heterocycles. The Balaban J connectivity index is 1.26. The van der Waals surface area contributed by atoms with Gasteiger partial charge in [0.15, 0.2) is 0 Å². The number of ether oxygens (including phenoxy) is 2. The van der Waals surface area contributed by atoms with Gasteiger partial charge in [-0.2, -0.15) is 0 Å². The Morgan fingerprint density at radius 3 is 1.50 bits per heavy atom. The second kappa shape index (κ2) is 12.2. The number of nitrogens with zero attached hydrogens (tertiary/aromatic N) is 6. The molecule has 0 saturated heterocycles. The van der Waals surface area contributed by atoms with Gasteiger partial charge in [0, 0.05) is 0 Å². The van der Waals surface area contributed by atoms with E-state index in [1.165, 1.54) is 11.1 Å². The lowest BCUT2D eigenvalue weighted by Gasteiger charge is -2.11. The molecule has 0 radical (unpaired) electrons. The van der Waals surface area contributed by atoms with Crippen molar-refractivity contribution >= 4 is 0 Å². The molecule has 0 fully saturated rings. The molecule has 2 aromatic heterocycles. The summed E-state index contributed by atoms with van der Waals surface area (Å²) >= 11 is 0. The Morgan fingerprint density at radius 2 is 1.11 bits per heavy atom. The summed E-state index contributed by atoms with van der Waals surface area (Å²) in [6.07, 6.45) is 2.86. The van der Waals surface area contributed by atoms with Crippen LogP contribution >= 0.6 is 0 Å². The number of hydrogen-bond acceptors (Lipinski definition) is 7. The summed E-state index contributed by atoms with van der Waals surface area (Å²) in [6, 6.07) is 12.5. The summed E-state index contributed by atoms with van der Waals surface area (Å²) in [5.41, 5.74) is 6.20. The SMILES string of the molecule is Cc1cc(OCc2cn(CC(O)Cn3cc(COc4cc(C)cc(C(C)C)c4)nn3)nn2)cc(C(C)C)c1. The van der Waals surface area contributed by atoms with Gasteiger partial charge in [0.2, 0.25) is 0 Å². The molecule has 0 amide bonds. The van der Waals surface area contributed by atoms with Crippen molar-refractivity contribution in [2.24, 2.45) is 0 Å². The fourth-order valence-electron chi connectivity index (χ4n) is 4.18.